The second-order valence-electron chi connectivity index (χ2n) is 5.23. The molecule has 1 aliphatic carbocycles. The molecule has 0 radical (unpaired) electrons. The summed E-state index contributed by atoms with van der Waals surface area (Å²) in [4.78, 5) is 12.2. The summed E-state index contributed by atoms with van der Waals surface area (Å²) in [5, 5.41) is 13.0. The Bertz CT molecular complexity index is 450. The van der Waals surface area contributed by atoms with Crippen LogP contribution < -0.4 is 11.1 Å². The molecule has 2 rings (SSSR count). The standard InChI is InChI=1S/C14H19ClN2O2/c15-11-6-10(7-12(16)8-11)13(19)17-14(9-18)4-2-1-3-5-14/h6-8,18H,1-5,9,16H2,(H,17,19). The molecule has 4 nitrogen and oxygen atoms in total. The van der Waals surface area contributed by atoms with Gasteiger partial charge in [-0.25, -0.2) is 0 Å². The second-order valence-corrected chi connectivity index (χ2v) is 5.66. The van der Waals surface area contributed by atoms with Crippen molar-refractivity contribution >= 4 is 23.2 Å². The van der Waals surface area contributed by atoms with Crippen LogP contribution in [0.25, 0.3) is 0 Å². The van der Waals surface area contributed by atoms with E-state index in [1.165, 1.54) is 0 Å². The number of halogens is 1. The molecule has 5 heteroatoms. The van der Waals surface area contributed by atoms with E-state index >= 15 is 0 Å². The zero-order valence-electron chi connectivity index (χ0n) is 10.8. The molecular formula is C14H19ClN2O2. The number of hydrogen-bond acceptors (Lipinski definition) is 3. The third kappa shape index (κ3) is 3.39. The number of hydrogen-bond donors (Lipinski definition) is 3. The first-order chi connectivity index (χ1) is 9.04. The van der Waals surface area contributed by atoms with Crippen molar-refractivity contribution in [1.29, 1.82) is 0 Å². The van der Waals surface area contributed by atoms with Crippen LogP contribution in [0.2, 0.25) is 5.02 Å². The number of benzene rings is 1. The molecule has 4 N–H and O–H groups in total. The van der Waals surface area contributed by atoms with E-state index in [-0.39, 0.29) is 12.5 Å². The quantitative estimate of drug-likeness (QED) is 0.745. The zero-order valence-corrected chi connectivity index (χ0v) is 11.5. The monoisotopic (exact) mass is 282 g/mol. The SMILES string of the molecule is Nc1cc(Cl)cc(C(=O)NC2(CO)CCCCC2)c1. The number of carbonyl (C=O) groups excluding carboxylic acids is 1. The van der Waals surface area contributed by atoms with E-state index < -0.39 is 5.54 Å². The maximum atomic E-state index is 12.2. The zero-order chi connectivity index (χ0) is 13.9. The van der Waals surface area contributed by atoms with Crippen LogP contribution in [0.4, 0.5) is 5.69 Å². The van der Waals surface area contributed by atoms with E-state index in [1.807, 2.05) is 0 Å². The van der Waals surface area contributed by atoms with Gasteiger partial charge in [-0.2, -0.15) is 0 Å². The Kier molecular flexibility index (Phi) is 4.32. The highest BCUT2D eigenvalue weighted by molar-refractivity contribution is 6.31. The molecule has 104 valence electrons. The van der Waals surface area contributed by atoms with Gasteiger partial charge in [0.25, 0.3) is 5.91 Å². The first-order valence-electron chi connectivity index (χ1n) is 6.54. The molecule has 0 spiro atoms. The molecule has 0 aromatic heterocycles. The highest BCUT2D eigenvalue weighted by atomic mass is 35.5. The Balaban J connectivity index is 2.15. The van der Waals surface area contributed by atoms with E-state index in [1.54, 1.807) is 18.2 Å². The normalized spacial score (nSPS) is 18.0. The average molecular weight is 283 g/mol. The number of amides is 1. The summed E-state index contributed by atoms with van der Waals surface area (Å²) in [7, 11) is 0. The number of nitrogen functional groups attached to an aromatic ring is 1. The summed E-state index contributed by atoms with van der Waals surface area (Å²) in [6.07, 6.45) is 4.83. The Hall–Kier alpha value is -1.26. The van der Waals surface area contributed by atoms with Crippen molar-refractivity contribution in [2.45, 2.75) is 37.6 Å². The molecule has 1 saturated carbocycles. The predicted molar refractivity (Wildman–Crippen MR) is 76.2 cm³/mol. The van der Waals surface area contributed by atoms with Crippen LogP contribution in [0.1, 0.15) is 42.5 Å². The molecule has 1 fully saturated rings. The molecule has 0 aliphatic heterocycles. The molecule has 1 aliphatic rings. The van der Waals surface area contributed by atoms with Gasteiger partial charge in [0.15, 0.2) is 0 Å². The first kappa shape index (κ1) is 14.2. The number of rotatable bonds is 3. The summed E-state index contributed by atoms with van der Waals surface area (Å²) in [6.45, 7) is -0.0329. The molecule has 0 heterocycles. The van der Waals surface area contributed by atoms with Gasteiger partial charge < -0.3 is 16.2 Å². The van der Waals surface area contributed by atoms with Gasteiger partial charge in [-0.15, -0.1) is 0 Å². The number of aliphatic hydroxyl groups excluding tert-OH is 1. The molecule has 1 amide bonds. The highest BCUT2D eigenvalue weighted by Gasteiger charge is 2.33. The molecular weight excluding hydrogens is 264 g/mol. The predicted octanol–water partition coefficient (Wildman–Crippen LogP) is 2.35. The molecule has 0 saturated heterocycles. The van der Waals surface area contributed by atoms with Crippen LogP contribution in [-0.2, 0) is 0 Å². The van der Waals surface area contributed by atoms with Crippen molar-refractivity contribution in [3.63, 3.8) is 0 Å². The van der Waals surface area contributed by atoms with Crippen molar-refractivity contribution < 1.29 is 9.90 Å². The summed E-state index contributed by atoms with van der Waals surface area (Å²) in [5.74, 6) is -0.231. The van der Waals surface area contributed by atoms with Crippen molar-refractivity contribution in [3.8, 4) is 0 Å². The third-order valence-electron chi connectivity index (χ3n) is 3.67. The van der Waals surface area contributed by atoms with Crippen molar-refractivity contribution in [2.75, 3.05) is 12.3 Å². The highest BCUT2D eigenvalue weighted by Crippen LogP contribution is 2.28. The van der Waals surface area contributed by atoms with Gasteiger partial charge in [0.1, 0.15) is 0 Å². The molecule has 0 unspecified atom stereocenters. The van der Waals surface area contributed by atoms with Gasteiger partial charge in [0.2, 0.25) is 0 Å². The number of anilines is 1. The van der Waals surface area contributed by atoms with E-state index in [9.17, 15) is 9.90 Å². The summed E-state index contributed by atoms with van der Waals surface area (Å²) in [5.41, 5.74) is 6.08. The maximum Gasteiger partial charge on any atom is 0.251 e. The van der Waals surface area contributed by atoms with E-state index in [2.05, 4.69) is 5.32 Å². The Morgan fingerprint density at radius 3 is 2.58 bits per heavy atom. The lowest BCUT2D eigenvalue weighted by molar-refractivity contribution is 0.0758. The number of nitrogens with two attached hydrogens (primary N) is 1. The minimum absolute atomic E-state index is 0.0329. The molecule has 0 atom stereocenters. The summed E-state index contributed by atoms with van der Waals surface area (Å²) in [6, 6.07) is 4.77. The number of aliphatic hydroxyl groups is 1. The van der Waals surface area contributed by atoms with Gasteiger partial charge >= 0.3 is 0 Å². The van der Waals surface area contributed by atoms with Crippen LogP contribution >= 0.6 is 11.6 Å². The van der Waals surface area contributed by atoms with E-state index in [0.29, 0.717) is 16.3 Å². The van der Waals surface area contributed by atoms with Crippen LogP contribution in [0.5, 0.6) is 0 Å². The van der Waals surface area contributed by atoms with E-state index in [0.717, 1.165) is 32.1 Å². The molecule has 0 bridgehead atoms. The largest absolute Gasteiger partial charge is 0.399 e. The van der Waals surface area contributed by atoms with Gasteiger partial charge in [-0.3, -0.25) is 4.79 Å². The number of carbonyl (C=O) groups is 1. The number of nitrogens with one attached hydrogen (secondary N) is 1. The fraction of sp³-hybridized carbons (Fsp3) is 0.500. The minimum Gasteiger partial charge on any atom is -0.399 e. The van der Waals surface area contributed by atoms with Crippen LogP contribution in [0.15, 0.2) is 18.2 Å². The van der Waals surface area contributed by atoms with Gasteiger partial charge in [-0.1, -0.05) is 30.9 Å². The Labute approximate surface area is 117 Å². The third-order valence-corrected chi connectivity index (χ3v) is 3.89. The van der Waals surface area contributed by atoms with Crippen LogP contribution in [0, 0.1) is 0 Å². The minimum atomic E-state index is -0.494. The summed E-state index contributed by atoms with van der Waals surface area (Å²) >= 11 is 5.90. The average Bonchev–Trinajstić information content (AvgIpc) is 2.38. The van der Waals surface area contributed by atoms with Gasteiger partial charge in [0, 0.05) is 16.3 Å². The first-order valence-corrected chi connectivity index (χ1v) is 6.92. The van der Waals surface area contributed by atoms with Crippen LogP contribution in [-0.4, -0.2) is 23.2 Å². The fourth-order valence-electron chi connectivity index (χ4n) is 2.61. The molecule has 1 aromatic carbocycles. The maximum absolute atomic E-state index is 12.2. The van der Waals surface area contributed by atoms with Crippen molar-refractivity contribution in [2.24, 2.45) is 0 Å². The topological polar surface area (TPSA) is 75.4 Å². The lowest BCUT2D eigenvalue weighted by atomic mass is 9.82. The second kappa shape index (κ2) is 5.80. The lowest BCUT2D eigenvalue weighted by Gasteiger charge is -2.36. The van der Waals surface area contributed by atoms with Gasteiger partial charge in [-0.05, 0) is 31.0 Å². The summed E-state index contributed by atoms with van der Waals surface area (Å²) < 4.78 is 0. The lowest BCUT2D eigenvalue weighted by Crippen LogP contribution is -2.52. The Morgan fingerprint density at radius 1 is 1.32 bits per heavy atom. The van der Waals surface area contributed by atoms with Crippen LogP contribution in [0.3, 0.4) is 0 Å². The fourth-order valence-corrected chi connectivity index (χ4v) is 2.85. The van der Waals surface area contributed by atoms with Crippen molar-refractivity contribution in [3.05, 3.63) is 28.8 Å². The Morgan fingerprint density at radius 2 is 2.00 bits per heavy atom. The molecule has 19 heavy (non-hydrogen) atoms. The van der Waals surface area contributed by atoms with Gasteiger partial charge in [0.05, 0.1) is 12.1 Å². The van der Waals surface area contributed by atoms with E-state index in [4.69, 9.17) is 17.3 Å². The smallest absolute Gasteiger partial charge is 0.251 e. The van der Waals surface area contributed by atoms with Crippen molar-refractivity contribution in [1.82, 2.24) is 5.32 Å². The molecule has 1 aromatic rings.